The van der Waals surface area contributed by atoms with Crippen molar-refractivity contribution in [1.29, 1.82) is 0 Å². The first kappa shape index (κ1) is 9.74. The fourth-order valence-electron chi connectivity index (χ4n) is 1.22. The highest BCUT2D eigenvalue weighted by Crippen LogP contribution is 2.20. The van der Waals surface area contributed by atoms with E-state index in [0.717, 1.165) is 0 Å². The van der Waals surface area contributed by atoms with Crippen LogP contribution in [-0.2, 0) is 4.74 Å². The minimum atomic E-state index is -0.682. The van der Waals surface area contributed by atoms with Crippen molar-refractivity contribution >= 4 is 5.95 Å². The van der Waals surface area contributed by atoms with Crippen molar-refractivity contribution in [2.45, 2.75) is 12.3 Å². The normalized spacial score (nSPS) is 24.6. The largest absolute Gasteiger partial charge is 0.491 e. The molecule has 1 aromatic rings. The van der Waals surface area contributed by atoms with Crippen molar-refractivity contribution in [1.82, 2.24) is 14.8 Å². The van der Waals surface area contributed by atoms with Gasteiger partial charge in [-0.1, -0.05) is 11.1 Å². The van der Waals surface area contributed by atoms with Gasteiger partial charge in [0.15, 0.2) is 6.23 Å². The second-order valence-corrected chi connectivity index (χ2v) is 2.91. The molecule has 0 spiro atoms. The van der Waals surface area contributed by atoms with Crippen LogP contribution in [0.15, 0.2) is 18.5 Å². The predicted molar refractivity (Wildman–Crippen MR) is 46.8 cm³/mol. The van der Waals surface area contributed by atoms with Crippen molar-refractivity contribution in [3.8, 4) is 0 Å². The van der Waals surface area contributed by atoms with Gasteiger partial charge in [0.2, 0.25) is 6.33 Å². The van der Waals surface area contributed by atoms with Crippen molar-refractivity contribution in [3.63, 3.8) is 0 Å². The van der Waals surface area contributed by atoms with Crippen molar-refractivity contribution in [2.75, 3.05) is 6.61 Å². The van der Waals surface area contributed by atoms with Crippen LogP contribution in [0.4, 0.5) is 5.95 Å². The first-order valence-electron chi connectivity index (χ1n) is 4.21. The van der Waals surface area contributed by atoms with Crippen LogP contribution in [0.1, 0.15) is 6.23 Å². The Kier molecular flexibility index (Phi) is 2.44. The molecule has 0 radical (unpaired) electrons. The summed E-state index contributed by atoms with van der Waals surface area (Å²) in [5, 5.41) is 22.7. The van der Waals surface area contributed by atoms with Gasteiger partial charge < -0.3 is 20.0 Å². The summed E-state index contributed by atoms with van der Waals surface area (Å²) in [4.78, 5) is 13.1. The van der Waals surface area contributed by atoms with Gasteiger partial charge in [-0.2, -0.15) is 0 Å². The second kappa shape index (κ2) is 3.75. The summed E-state index contributed by atoms with van der Waals surface area (Å²) in [6.45, 7) is -0.135. The Labute approximate surface area is 83.9 Å². The molecule has 0 amide bonds. The summed E-state index contributed by atoms with van der Waals surface area (Å²) in [6.07, 6.45) is 3.60. The number of nitrogens with zero attached hydrogens (tertiary/aromatic N) is 4. The lowest BCUT2D eigenvalue weighted by Crippen LogP contribution is -2.15. The van der Waals surface area contributed by atoms with Gasteiger partial charge in [-0.15, -0.1) is 4.68 Å². The van der Waals surface area contributed by atoms with E-state index in [1.165, 1.54) is 11.0 Å². The molecule has 15 heavy (non-hydrogen) atoms. The molecule has 1 aliphatic rings. The number of aliphatic hydroxyl groups excluding tert-OH is 1. The van der Waals surface area contributed by atoms with Crippen LogP contribution in [0.3, 0.4) is 0 Å². The van der Waals surface area contributed by atoms with Gasteiger partial charge >= 0.3 is 5.95 Å². The number of ether oxygens (including phenoxy) is 1. The molecule has 8 heteroatoms. The molecule has 0 aromatic carbocycles. The lowest BCUT2D eigenvalue weighted by atomic mass is 10.4. The summed E-state index contributed by atoms with van der Waals surface area (Å²) in [7, 11) is 0. The van der Waals surface area contributed by atoms with E-state index in [-0.39, 0.29) is 6.61 Å². The highest BCUT2D eigenvalue weighted by atomic mass is 16.6. The zero-order chi connectivity index (χ0) is 10.8. The van der Waals surface area contributed by atoms with E-state index in [1.807, 2.05) is 0 Å². The molecule has 0 saturated carbocycles. The molecular weight excluding hydrogens is 204 g/mol. The minimum absolute atomic E-state index is 0.135. The Bertz CT molecular complexity index is 401. The van der Waals surface area contributed by atoms with Crippen LogP contribution < -0.4 is 0 Å². The number of hydrogen-bond acceptors (Lipinski definition) is 6. The standard InChI is InChI=1S/C7H8N4O4/c12-3-5-1-2-6(15-5)10-4-8-7(9-10)11(13)14/h1-2,4-6,12H,3H2/t5-,6+/m0/s1. The molecule has 0 unspecified atom stereocenters. The molecule has 1 N–H and O–H groups in total. The van der Waals surface area contributed by atoms with Crippen molar-refractivity contribution in [3.05, 3.63) is 28.6 Å². The molecule has 0 aliphatic carbocycles. The molecule has 0 bridgehead atoms. The van der Waals surface area contributed by atoms with E-state index in [1.54, 1.807) is 12.2 Å². The average molecular weight is 212 g/mol. The second-order valence-electron chi connectivity index (χ2n) is 2.91. The van der Waals surface area contributed by atoms with Crippen LogP contribution in [0.25, 0.3) is 0 Å². The predicted octanol–water partition coefficient (Wildman–Crippen LogP) is -0.368. The highest BCUT2D eigenvalue weighted by molar-refractivity contribution is 5.03. The van der Waals surface area contributed by atoms with Crippen LogP contribution in [0.5, 0.6) is 0 Å². The lowest BCUT2D eigenvalue weighted by molar-refractivity contribution is -0.394. The molecule has 8 nitrogen and oxygen atoms in total. The SMILES string of the molecule is O=[N+]([O-])c1ncn([C@H]2C=C[C@@H](CO)O2)n1. The molecule has 80 valence electrons. The third kappa shape index (κ3) is 1.85. The quantitative estimate of drug-likeness (QED) is 0.416. The summed E-state index contributed by atoms with van der Waals surface area (Å²) >= 11 is 0. The fraction of sp³-hybridized carbons (Fsp3) is 0.429. The first-order chi connectivity index (χ1) is 7.20. The van der Waals surface area contributed by atoms with E-state index in [2.05, 4.69) is 10.1 Å². The molecule has 2 rings (SSSR count). The summed E-state index contributed by atoms with van der Waals surface area (Å²) in [5.74, 6) is -0.473. The maximum atomic E-state index is 10.3. The number of hydrogen-bond donors (Lipinski definition) is 1. The average Bonchev–Trinajstić information content (AvgIpc) is 2.86. The zero-order valence-electron chi connectivity index (χ0n) is 7.55. The van der Waals surface area contributed by atoms with Crippen LogP contribution >= 0.6 is 0 Å². The topological polar surface area (TPSA) is 103 Å². The smallest absolute Gasteiger partial charge is 0.393 e. The van der Waals surface area contributed by atoms with Gasteiger partial charge in [0.25, 0.3) is 0 Å². The molecule has 0 fully saturated rings. The molecule has 2 atom stereocenters. The third-order valence-corrected chi connectivity index (χ3v) is 1.91. The Morgan fingerprint density at radius 1 is 1.67 bits per heavy atom. The maximum Gasteiger partial charge on any atom is 0.491 e. The van der Waals surface area contributed by atoms with Crippen LogP contribution in [-0.4, -0.2) is 37.5 Å². The third-order valence-electron chi connectivity index (χ3n) is 1.91. The van der Waals surface area contributed by atoms with E-state index in [9.17, 15) is 10.1 Å². The number of aliphatic hydroxyl groups is 1. The van der Waals surface area contributed by atoms with E-state index >= 15 is 0 Å². The van der Waals surface area contributed by atoms with Gasteiger partial charge in [0.05, 0.1) is 6.61 Å². The van der Waals surface area contributed by atoms with Gasteiger partial charge in [-0.05, 0) is 11.0 Å². The molecule has 1 aliphatic heterocycles. The Hall–Kier alpha value is -1.80. The summed E-state index contributed by atoms with van der Waals surface area (Å²) in [5.41, 5.74) is 0. The monoisotopic (exact) mass is 212 g/mol. The van der Waals surface area contributed by atoms with Gasteiger partial charge in [0, 0.05) is 5.10 Å². The number of rotatable bonds is 3. The Morgan fingerprint density at radius 2 is 2.47 bits per heavy atom. The van der Waals surface area contributed by atoms with E-state index in [0.29, 0.717) is 0 Å². The molecule has 0 saturated heterocycles. The Balaban J connectivity index is 2.11. The van der Waals surface area contributed by atoms with Gasteiger partial charge in [-0.25, -0.2) is 0 Å². The van der Waals surface area contributed by atoms with Crippen molar-refractivity contribution < 1.29 is 14.8 Å². The molecule has 2 heterocycles. The van der Waals surface area contributed by atoms with Gasteiger partial charge in [-0.3, -0.25) is 0 Å². The minimum Gasteiger partial charge on any atom is -0.393 e. The first-order valence-corrected chi connectivity index (χ1v) is 4.21. The maximum absolute atomic E-state index is 10.3. The number of aromatic nitrogens is 3. The summed E-state index contributed by atoms with van der Waals surface area (Å²) in [6, 6.07) is 0. The van der Waals surface area contributed by atoms with E-state index < -0.39 is 23.2 Å². The lowest BCUT2D eigenvalue weighted by Gasteiger charge is -2.08. The van der Waals surface area contributed by atoms with Crippen molar-refractivity contribution in [2.24, 2.45) is 0 Å². The zero-order valence-corrected chi connectivity index (χ0v) is 7.55. The molecule has 1 aromatic heterocycles. The van der Waals surface area contributed by atoms with Gasteiger partial charge in [0.1, 0.15) is 6.10 Å². The summed E-state index contributed by atoms with van der Waals surface area (Å²) < 4.78 is 6.49. The fourth-order valence-corrected chi connectivity index (χ4v) is 1.22. The highest BCUT2D eigenvalue weighted by Gasteiger charge is 2.24. The van der Waals surface area contributed by atoms with Crippen LogP contribution in [0.2, 0.25) is 0 Å². The van der Waals surface area contributed by atoms with E-state index in [4.69, 9.17) is 9.84 Å². The number of nitro groups is 1. The van der Waals surface area contributed by atoms with Crippen LogP contribution in [0, 0.1) is 10.1 Å². The molecular formula is C7H8N4O4. The Morgan fingerprint density at radius 3 is 3.00 bits per heavy atom.